The fourth-order valence-corrected chi connectivity index (χ4v) is 3.18. The number of imidazole rings is 1. The summed E-state index contributed by atoms with van der Waals surface area (Å²) in [6, 6.07) is 15.1. The monoisotopic (exact) mass is 339 g/mol. The van der Waals surface area contributed by atoms with Crippen molar-refractivity contribution >= 4 is 17.7 Å². The number of primary amides is 1. The normalized spacial score (nSPS) is 10.5. The van der Waals surface area contributed by atoms with Crippen LogP contribution in [-0.2, 0) is 5.75 Å². The van der Waals surface area contributed by atoms with E-state index in [4.69, 9.17) is 10.5 Å². The zero-order valence-electron chi connectivity index (χ0n) is 13.2. The molecule has 0 atom stereocenters. The molecule has 0 radical (unpaired) electrons. The van der Waals surface area contributed by atoms with Crippen LogP contribution in [0.3, 0.4) is 0 Å². The average molecular weight is 339 g/mol. The van der Waals surface area contributed by atoms with Gasteiger partial charge in [-0.2, -0.15) is 0 Å². The van der Waals surface area contributed by atoms with Crippen LogP contribution in [0.2, 0.25) is 0 Å². The predicted octanol–water partition coefficient (Wildman–Crippen LogP) is 3.27. The maximum absolute atomic E-state index is 11.1. The Morgan fingerprint density at radius 1 is 1.17 bits per heavy atom. The largest absolute Gasteiger partial charge is 0.497 e. The summed E-state index contributed by atoms with van der Waals surface area (Å²) in [6.45, 7) is 0. The Balaban J connectivity index is 1.72. The van der Waals surface area contributed by atoms with Gasteiger partial charge in [0.15, 0.2) is 5.16 Å². The van der Waals surface area contributed by atoms with E-state index in [9.17, 15) is 4.79 Å². The molecular weight excluding hydrogens is 322 g/mol. The Labute approximate surface area is 144 Å². The SMILES string of the molecule is COc1ccc(-n2ccnc2SCc2ccc(C(N)=O)cc2)cc1. The second-order valence-corrected chi connectivity index (χ2v) is 6.07. The predicted molar refractivity (Wildman–Crippen MR) is 94.6 cm³/mol. The van der Waals surface area contributed by atoms with Crippen LogP contribution in [-0.4, -0.2) is 22.6 Å². The number of nitrogens with two attached hydrogens (primary N) is 1. The van der Waals surface area contributed by atoms with Crippen LogP contribution >= 0.6 is 11.8 Å². The van der Waals surface area contributed by atoms with Gasteiger partial charge in [0.25, 0.3) is 0 Å². The van der Waals surface area contributed by atoms with Crippen LogP contribution in [0.1, 0.15) is 15.9 Å². The highest BCUT2D eigenvalue weighted by molar-refractivity contribution is 7.98. The number of thioether (sulfide) groups is 1. The minimum absolute atomic E-state index is 0.413. The zero-order valence-corrected chi connectivity index (χ0v) is 14.0. The highest BCUT2D eigenvalue weighted by Gasteiger charge is 2.07. The molecular formula is C18H17N3O2S. The molecule has 5 nitrogen and oxygen atoms in total. The quantitative estimate of drug-likeness (QED) is 0.700. The molecule has 2 N–H and O–H groups in total. The third-order valence-electron chi connectivity index (χ3n) is 3.56. The Hall–Kier alpha value is -2.73. The molecule has 0 aliphatic carbocycles. The summed E-state index contributed by atoms with van der Waals surface area (Å²) in [6.07, 6.45) is 3.71. The number of methoxy groups -OCH3 is 1. The lowest BCUT2D eigenvalue weighted by molar-refractivity contribution is 0.100. The number of carbonyl (C=O) groups is 1. The Bertz CT molecular complexity index is 826. The maximum Gasteiger partial charge on any atom is 0.248 e. The van der Waals surface area contributed by atoms with E-state index < -0.39 is 5.91 Å². The molecule has 0 aliphatic heterocycles. The summed E-state index contributed by atoms with van der Waals surface area (Å²) in [5.41, 5.74) is 7.90. The molecule has 3 aromatic rings. The molecule has 0 fully saturated rings. The van der Waals surface area contributed by atoms with Crippen molar-refractivity contribution in [2.24, 2.45) is 5.73 Å². The van der Waals surface area contributed by atoms with E-state index in [0.717, 1.165) is 27.9 Å². The Kier molecular flexibility index (Phi) is 4.86. The third kappa shape index (κ3) is 3.60. The van der Waals surface area contributed by atoms with Gasteiger partial charge >= 0.3 is 0 Å². The summed E-state index contributed by atoms with van der Waals surface area (Å²) >= 11 is 1.63. The van der Waals surface area contributed by atoms with Crippen molar-refractivity contribution in [1.82, 2.24) is 9.55 Å². The topological polar surface area (TPSA) is 70.1 Å². The molecule has 0 bridgehead atoms. The second kappa shape index (κ2) is 7.23. The first-order valence-electron chi connectivity index (χ1n) is 7.36. The van der Waals surface area contributed by atoms with Crippen molar-refractivity contribution in [3.05, 3.63) is 72.1 Å². The lowest BCUT2D eigenvalue weighted by atomic mass is 10.1. The number of benzene rings is 2. The van der Waals surface area contributed by atoms with E-state index in [0.29, 0.717) is 5.56 Å². The molecule has 1 aromatic heterocycles. The van der Waals surface area contributed by atoms with Gasteiger partial charge in [-0.25, -0.2) is 4.98 Å². The first-order chi connectivity index (χ1) is 11.7. The van der Waals surface area contributed by atoms with E-state index >= 15 is 0 Å². The number of ether oxygens (including phenoxy) is 1. The van der Waals surface area contributed by atoms with Crippen molar-refractivity contribution in [3.63, 3.8) is 0 Å². The van der Waals surface area contributed by atoms with Gasteiger partial charge in [0, 0.05) is 29.4 Å². The molecule has 0 spiro atoms. The molecule has 2 aromatic carbocycles. The fourth-order valence-electron chi connectivity index (χ4n) is 2.25. The molecule has 0 saturated carbocycles. The van der Waals surface area contributed by atoms with Crippen molar-refractivity contribution in [3.8, 4) is 11.4 Å². The van der Waals surface area contributed by atoms with Crippen LogP contribution in [0.15, 0.2) is 66.1 Å². The average Bonchev–Trinajstić information content (AvgIpc) is 3.09. The van der Waals surface area contributed by atoms with Crippen LogP contribution < -0.4 is 10.5 Å². The fraction of sp³-hybridized carbons (Fsp3) is 0.111. The molecule has 1 heterocycles. The van der Waals surface area contributed by atoms with E-state index in [1.807, 2.05) is 47.2 Å². The number of aromatic nitrogens is 2. The molecule has 1 amide bonds. The molecule has 24 heavy (non-hydrogen) atoms. The van der Waals surface area contributed by atoms with E-state index in [2.05, 4.69) is 4.98 Å². The number of amides is 1. The van der Waals surface area contributed by atoms with E-state index in [1.54, 1.807) is 37.2 Å². The minimum Gasteiger partial charge on any atom is -0.497 e. The zero-order chi connectivity index (χ0) is 16.9. The number of carbonyl (C=O) groups excluding carboxylic acids is 1. The van der Waals surface area contributed by atoms with E-state index in [1.165, 1.54) is 0 Å². The smallest absolute Gasteiger partial charge is 0.248 e. The molecule has 0 aliphatic rings. The molecule has 0 unspecified atom stereocenters. The summed E-state index contributed by atoms with van der Waals surface area (Å²) < 4.78 is 7.22. The van der Waals surface area contributed by atoms with Gasteiger partial charge in [-0.1, -0.05) is 23.9 Å². The number of hydrogen-bond acceptors (Lipinski definition) is 4. The molecule has 6 heteroatoms. The van der Waals surface area contributed by atoms with Gasteiger partial charge in [-0.15, -0.1) is 0 Å². The molecule has 122 valence electrons. The number of hydrogen-bond donors (Lipinski definition) is 1. The van der Waals surface area contributed by atoms with Gasteiger partial charge in [0.1, 0.15) is 5.75 Å². The summed E-state index contributed by atoms with van der Waals surface area (Å²) in [5, 5.41) is 0.902. The summed E-state index contributed by atoms with van der Waals surface area (Å²) in [4.78, 5) is 15.5. The maximum atomic E-state index is 11.1. The minimum atomic E-state index is -0.413. The number of rotatable bonds is 6. The van der Waals surface area contributed by atoms with Gasteiger partial charge in [0.2, 0.25) is 5.91 Å². The first-order valence-corrected chi connectivity index (χ1v) is 8.35. The summed E-state index contributed by atoms with van der Waals surface area (Å²) in [7, 11) is 1.65. The first kappa shape index (κ1) is 16.1. The van der Waals surface area contributed by atoms with E-state index in [-0.39, 0.29) is 0 Å². The lowest BCUT2D eigenvalue weighted by Gasteiger charge is -2.08. The van der Waals surface area contributed by atoms with Crippen LogP contribution in [0, 0.1) is 0 Å². The standard InChI is InChI=1S/C18H17N3O2S/c1-23-16-8-6-15(7-9-16)21-11-10-20-18(21)24-12-13-2-4-14(5-3-13)17(19)22/h2-11H,12H2,1H3,(H2,19,22). The highest BCUT2D eigenvalue weighted by Crippen LogP contribution is 2.25. The Morgan fingerprint density at radius 2 is 1.88 bits per heavy atom. The second-order valence-electron chi connectivity index (χ2n) is 5.13. The van der Waals surface area contributed by atoms with Gasteiger partial charge in [-0.3, -0.25) is 9.36 Å². The van der Waals surface area contributed by atoms with Gasteiger partial charge in [-0.05, 0) is 42.0 Å². The highest BCUT2D eigenvalue weighted by atomic mass is 32.2. The van der Waals surface area contributed by atoms with Crippen LogP contribution in [0.25, 0.3) is 5.69 Å². The van der Waals surface area contributed by atoms with Crippen LogP contribution in [0.4, 0.5) is 0 Å². The lowest BCUT2D eigenvalue weighted by Crippen LogP contribution is -2.10. The Morgan fingerprint density at radius 3 is 2.50 bits per heavy atom. The van der Waals surface area contributed by atoms with Crippen molar-refractivity contribution in [1.29, 1.82) is 0 Å². The molecule has 0 saturated heterocycles. The summed E-state index contributed by atoms with van der Waals surface area (Å²) in [5.74, 6) is 1.17. The number of nitrogens with zero attached hydrogens (tertiary/aromatic N) is 2. The van der Waals surface area contributed by atoms with Gasteiger partial charge in [0.05, 0.1) is 7.11 Å². The van der Waals surface area contributed by atoms with Crippen molar-refractivity contribution in [2.45, 2.75) is 10.9 Å². The van der Waals surface area contributed by atoms with Crippen molar-refractivity contribution in [2.75, 3.05) is 7.11 Å². The van der Waals surface area contributed by atoms with Crippen molar-refractivity contribution < 1.29 is 9.53 Å². The third-order valence-corrected chi connectivity index (χ3v) is 4.60. The van der Waals surface area contributed by atoms with Gasteiger partial charge < -0.3 is 10.5 Å². The molecule has 3 rings (SSSR count). The van der Waals surface area contributed by atoms with Crippen LogP contribution in [0.5, 0.6) is 5.75 Å².